The lowest BCUT2D eigenvalue weighted by Gasteiger charge is -2.24. The average Bonchev–Trinajstić information content (AvgIpc) is 2.66. The molecule has 3 nitrogen and oxygen atoms in total. The molecular weight excluding hydrogens is 366 g/mol. The van der Waals surface area contributed by atoms with Gasteiger partial charge < -0.3 is 0 Å². The van der Waals surface area contributed by atoms with Gasteiger partial charge in [-0.15, -0.1) is 0 Å². The first-order valence-electron chi connectivity index (χ1n) is 11.1. The minimum absolute atomic E-state index is 0.129. The predicted molar refractivity (Wildman–Crippen MR) is 132 cm³/mol. The molecule has 0 N–H and O–H groups in total. The smallest absolute Gasteiger partial charge is 0.0849 e. The maximum Gasteiger partial charge on any atom is 0.0849 e. The summed E-state index contributed by atoms with van der Waals surface area (Å²) >= 11 is 0. The number of para-hydroxylation sites is 1. The maximum absolute atomic E-state index is 5.09. The second-order valence-electron chi connectivity index (χ2n) is 9.96. The molecule has 0 saturated carbocycles. The number of hydrogen-bond donors (Lipinski definition) is 0. The van der Waals surface area contributed by atoms with Crippen molar-refractivity contribution in [2.24, 2.45) is 15.4 Å². The fourth-order valence-electron chi connectivity index (χ4n) is 3.25. The van der Waals surface area contributed by atoms with E-state index in [1.54, 1.807) is 0 Å². The molecule has 0 spiro atoms. The molecule has 0 amide bonds. The highest BCUT2D eigenvalue weighted by atomic mass is 14.9. The zero-order valence-electron chi connectivity index (χ0n) is 20.5. The van der Waals surface area contributed by atoms with Crippen LogP contribution in [0.4, 0.5) is 5.69 Å². The topological polar surface area (TPSA) is 37.6 Å². The molecule has 0 radical (unpaired) electrons. The number of pyridine rings is 1. The highest BCUT2D eigenvalue weighted by Gasteiger charge is 2.19. The van der Waals surface area contributed by atoms with E-state index in [0.29, 0.717) is 11.8 Å². The van der Waals surface area contributed by atoms with Crippen molar-refractivity contribution < 1.29 is 0 Å². The van der Waals surface area contributed by atoms with Crippen molar-refractivity contribution in [2.45, 2.75) is 87.1 Å². The minimum Gasteiger partial charge on any atom is -0.284 e. The molecule has 30 heavy (non-hydrogen) atoms. The van der Waals surface area contributed by atoms with Crippen molar-refractivity contribution in [3.63, 3.8) is 0 Å². The van der Waals surface area contributed by atoms with E-state index in [1.165, 1.54) is 11.1 Å². The molecule has 2 rings (SSSR count). The first-order valence-corrected chi connectivity index (χ1v) is 11.1. The normalized spacial score (nSPS) is 14.5. The second-order valence-corrected chi connectivity index (χ2v) is 9.96. The molecule has 0 bridgehead atoms. The Labute approximate surface area is 183 Å². The summed E-state index contributed by atoms with van der Waals surface area (Å²) in [7, 11) is 0. The summed E-state index contributed by atoms with van der Waals surface area (Å²) in [4.78, 5) is 14.9. The van der Waals surface area contributed by atoms with Crippen LogP contribution in [-0.4, -0.2) is 22.4 Å². The summed E-state index contributed by atoms with van der Waals surface area (Å²) < 4.78 is 0. The molecule has 1 aromatic carbocycles. The largest absolute Gasteiger partial charge is 0.284 e. The predicted octanol–water partition coefficient (Wildman–Crippen LogP) is 7.71. The van der Waals surface area contributed by atoms with Gasteiger partial charge in [0.15, 0.2) is 0 Å². The number of aromatic nitrogens is 1. The van der Waals surface area contributed by atoms with Crippen LogP contribution in [0.5, 0.6) is 0 Å². The van der Waals surface area contributed by atoms with E-state index in [-0.39, 0.29) is 11.5 Å². The third kappa shape index (κ3) is 5.87. The van der Waals surface area contributed by atoms with Crippen molar-refractivity contribution in [1.82, 2.24) is 4.98 Å². The number of hydrogen-bond acceptors (Lipinski definition) is 3. The Morgan fingerprint density at radius 3 is 1.70 bits per heavy atom. The summed E-state index contributed by atoms with van der Waals surface area (Å²) in [5.41, 5.74) is 7.52. The number of rotatable bonds is 6. The molecule has 0 saturated heterocycles. The second kappa shape index (κ2) is 9.68. The van der Waals surface area contributed by atoms with Crippen LogP contribution < -0.4 is 0 Å². The molecule has 0 fully saturated rings. The van der Waals surface area contributed by atoms with E-state index >= 15 is 0 Å². The maximum atomic E-state index is 5.09. The third-order valence-corrected chi connectivity index (χ3v) is 5.75. The molecule has 162 valence electrons. The lowest BCUT2D eigenvalue weighted by atomic mass is 9.88. The zero-order valence-corrected chi connectivity index (χ0v) is 20.5. The van der Waals surface area contributed by atoms with Gasteiger partial charge in [-0.05, 0) is 61.3 Å². The van der Waals surface area contributed by atoms with Gasteiger partial charge in [-0.25, -0.2) is 4.98 Å². The quantitative estimate of drug-likeness (QED) is 0.453. The molecule has 0 unspecified atom stereocenters. The van der Waals surface area contributed by atoms with Gasteiger partial charge in [0.2, 0.25) is 0 Å². The number of benzene rings is 1. The summed E-state index contributed by atoms with van der Waals surface area (Å²) in [5, 5.41) is 0. The van der Waals surface area contributed by atoms with E-state index in [9.17, 15) is 0 Å². The fourth-order valence-corrected chi connectivity index (χ4v) is 3.25. The summed E-state index contributed by atoms with van der Waals surface area (Å²) in [6, 6.07) is 12.9. The monoisotopic (exact) mass is 405 g/mol. The van der Waals surface area contributed by atoms with Crippen molar-refractivity contribution in [2.75, 3.05) is 0 Å². The third-order valence-electron chi connectivity index (χ3n) is 5.75. The lowest BCUT2D eigenvalue weighted by molar-refractivity contribution is 0.342. The molecule has 1 aromatic heterocycles. The van der Waals surface area contributed by atoms with Crippen LogP contribution in [0.2, 0.25) is 0 Å². The van der Waals surface area contributed by atoms with Crippen molar-refractivity contribution in [3.8, 4) is 0 Å². The van der Waals surface area contributed by atoms with Crippen molar-refractivity contribution >= 4 is 17.1 Å². The Bertz CT molecular complexity index is 901. The molecule has 3 heteroatoms. The van der Waals surface area contributed by atoms with E-state index in [0.717, 1.165) is 28.5 Å². The Morgan fingerprint density at radius 2 is 1.23 bits per heavy atom. The average molecular weight is 406 g/mol. The van der Waals surface area contributed by atoms with Gasteiger partial charge in [-0.3, -0.25) is 9.98 Å². The van der Waals surface area contributed by atoms with Gasteiger partial charge in [0.1, 0.15) is 0 Å². The first kappa shape index (κ1) is 24.0. The molecule has 0 aliphatic rings. The van der Waals surface area contributed by atoms with Crippen LogP contribution in [0.15, 0.2) is 46.4 Å². The summed E-state index contributed by atoms with van der Waals surface area (Å²) in [6.45, 7) is 21.8. The van der Waals surface area contributed by atoms with Crippen LogP contribution in [0.1, 0.15) is 104 Å². The first-order chi connectivity index (χ1) is 13.9. The fraction of sp³-hybridized carbons (Fsp3) is 0.519. The Hall–Kier alpha value is -2.29. The summed E-state index contributed by atoms with van der Waals surface area (Å²) in [5.74, 6) is 0.839. The highest BCUT2D eigenvalue weighted by molar-refractivity contribution is 6.01. The van der Waals surface area contributed by atoms with Crippen LogP contribution >= 0.6 is 0 Å². The Balaban J connectivity index is 2.49. The van der Waals surface area contributed by atoms with Crippen LogP contribution in [0, 0.1) is 5.41 Å². The molecule has 1 heterocycles. The molecule has 2 aromatic rings. The Kier molecular flexibility index (Phi) is 7.74. The SMILES string of the molecule is C/C(=N\c1c(C(C)C)cccc1C(C)C)c1cccc(/C(C)=N/[C@H](C)C(C)(C)C)n1. The standard InChI is InChI=1S/C27H39N3/c1-17(2)22-13-11-14-23(18(3)4)26(22)29-20(6)25-16-12-15-24(30-25)19(5)28-21(7)27(8,9)10/h11-18,21H,1-10H3/b28-19+,29-20+/t21-/m1/s1. The zero-order chi connectivity index (χ0) is 22.6. The molecular formula is C27H39N3. The number of aliphatic imine (C=N–C) groups is 2. The highest BCUT2D eigenvalue weighted by Crippen LogP contribution is 2.35. The van der Waals surface area contributed by atoms with Gasteiger partial charge in [0.25, 0.3) is 0 Å². The van der Waals surface area contributed by atoms with Gasteiger partial charge in [-0.2, -0.15) is 0 Å². The molecule has 0 aliphatic heterocycles. The molecule has 1 atom stereocenters. The van der Waals surface area contributed by atoms with Crippen LogP contribution in [0.25, 0.3) is 0 Å². The number of nitrogens with zero attached hydrogens (tertiary/aromatic N) is 3. The van der Waals surface area contributed by atoms with Gasteiger partial charge in [-0.1, -0.05) is 72.7 Å². The molecule has 0 aliphatic carbocycles. The van der Waals surface area contributed by atoms with E-state index in [4.69, 9.17) is 15.0 Å². The van der Waals surface area contributed by atoms with Crippen LogP contribution in [-0.2, 0) is 0 Å². The van der Waals surface area contributed by atoms with Crippen LogP contribution in [0.3, 0.4) is 0 Å². The lowest BCUT2D eigenvalue weighted by Crippen LogP contribution is -2.22. The van der Waals surface area contributed by atoms with Gasteiger partial charge in [0.05, 0.1) is 34.5 Å². The van der Waals surface area contributed by atoms with Gasteiger partial charge in [0, 0.05) is 0 Å². The van der Waals surface area contributed by atoms with Crippen molar-refractivity contribution in [1.29, 1.82) is 0 Å². The summed E-state index contributed by atoms with van der Waals surface area (Å²) in [6.07, 6.45) is 0. The van der Waals surface area contributed by atoms with E-state index < -0.39 is 0 Å². The minimum atomic E-state index is 0.129. The van der Waals surface area contributed by atoms with Gasteiger partial charge >= 0.3 is 0 Å². The van der Waals surface area contributed by atoms with E-state index in [2.05, 4.69) is 86.6 Å². The van der Waals surface area contributed by atoms with E-state index in [1.807, 2.05) is 19.1 Å². The Morgan fingerprint density at radius 1 is 0.767 bits per heavy atom. The van der Waals surface area contributed by atoms with Crippen molar-refractivity contribution in [3.05, 3.63) is 58.9 Å².